The van der Waals surface area contributed by atoms with Crippen LogP contribution in [0.15, 0.2) is 47.5 Å². The second-order valence-electron chi connectivity index (χ2n) is 13.3. The molecule has 1 heterocycles. The number of aliphatic imine (C=N–C) groups is 1. The highest BCUT2D eigenvalue weighted by Crippen LogP contribution is 2.61. The number of rotatable bonds is 4. The Morgan fingerprint density at radius 3 is 2.62 bits per heavy atom. The molecule has 1 aliphatic heterocycles. The number of carbonyl (C=O) groups excluding carboxylic acids is 1. The molecule has 4 aliphatic carbocycles. The number of hydrogen-bond acceptors (Lipinski definition) is 3. The van der Waals surface area contributed by atoms with Crippen LogP contribution in [0.25, 0.3) is 0 Å². The lowest BCUT2D eigenvalue weighted by atomic mass is 9.45. The molecule has 0 aromatic heterocycles. The normalized spacial score (nSPS) is 31.1. The predicted octanol–water partition coefficient (Wildman–Crippen LogP) is 5.76. The van der Waals surface area contributed by atoms with E-state index >= 15 is 0 Å². The minimum atomic E-state index is -0.0170. The lowest BCUT2D eigenvalue weighted by molar-refractivity contribution is -0.108. The Bertz CT molecular complexity index is 1270. The van der Waals surface area contributed by atoms with Crippen molar-refractivity contribution >= 4 is 29.2 Å². The summed E-state index contributed by atoms with van der Waals surface area (Å²) in [5.74, 6) is 3.08. The molecule has 4 fully saturated rings. The number of benzene rings is 2. The molecule has 2 aromatic carbocycles. The zero-order chi connectivity index (χ0) is 28.0. The first-order valence-corrected chi connectivity index (χ1v) is 15.6. The van der Waals surface area contributed by atoms with Crippen molar-refractivity contribution in [2.75, 3.05) is 25.0 Å². The first kappa shape index (κ1) is 27.6. The predicted molar refractivity (Wildman–Crippen MR) is 164 cm³/mol. The summed E-state index contributed by atoms with van der Waals surface area (Å²) in [6, 6.07) is 14.9. The topological polar surface area (TPSA) is 68.8 Å². The third-order valence-corrected chi connectivity index (χ3v) is 10.6. The van der Waals surface area contributed by atoms with E-state index in [2.05, 4.69) is 60.7 Å². The number of anilines is 1. The Morgan fingerprint density at radius 1 is 1.10 bits per heavy atom. The van der Waals surface area contributed by atoms with Crippen LogP contribution in [0.4, 0.5) is 5.69 Å². The van der Waals surface area contributed by atoms with Gasteiger partial charge in [-0.1, -0.05) is 38.4 Å². The fourth-order valence-electron chi connectivity index (χ4n) is 7.72. The lowest BCUT2D eigenvalue weighted by Gasteiger charge is -2.61. The highest BCUT2D eigenvalue weighted by molar-refractivity contribution is 6.30. The summed E-state index contributed by atoms with van der Waals surface area (Å²) in [4.78, 5) is 20.9. The molecular formula is C33H44ClN5O. The van der Waals surface area contributed by atoms with Crippen LogP contribution in [0.2, 0.25) is 5.02 Å². The van der Waals surface area contributed by atoms with Gasteiger partial charge in [0.2, 0.25) is 0 Å². The second-order valence-corrected chi connectivity index (χ2v) is 13.7. The highest BCUT2D eigenvalue weighted by Gasteiger charge is 2.56. The molecule has 1 unspecified atom stereocenters. The Kier molecular flexibility index (Phi) is 7.60. The summed E-state index contributed by atoms with van der Waals surface area (Å²) in [7, 11) is 0. The molecule has 6 nitrogen and oxygen atoms in total. The maximum atomic E-state index is 13.1. The number of hydrogen-bond donors (Lipinski definition) is 3. The van der Waals surface area contributed by atoms with Crippen LogP contribution in [0.1, 0.15) is 68.4 Å². The molecule has 3 saturated carbocycles. The van der Waals surface area contributed by atoms with E-state index in [1.807, 2.05) is 30.3 Å². The van der Waals surface area contributed by atoms with E-state index in [1.165, 1.54) is 24.0 Å². The molecule has 7 rings (SSSR count). The van der Waals surface area contributed by atoms with E-state index in [4.69, 9.17) is 16.6 Å². The summed E-state index contributed by atoms with van der Waals surface area (Å²) in [5.41, 5.74) is 4.69. The Morgan fingerprint density at radius 2 is 1.90 bits per heavy atom. The van der Waals surface area contributed by atoms with Gasteiger partial charge in [0.05, 0.1) is 6.04 Å². The number of guanidine groups is 1. The van der Waals surface area contributed by atoms with Gasteiger partial charge in [-0.15, -0.1) is 0 Å². The van der Waals surface area contributed by atoms with Gasteiger partial charge < -0.3 is 20.9 Å². The molecule has 3 N–H and O–H groups in total. The van der Waals surface area contributed by atoms with Gasteiger partial charge in [-0.2, -0.15) is 0 Å². The van der Waals surface area contributed by atoms with Gasteiger partial charge in [0.25, 0.3) is 5.91 Å². The van der Waals surface area contributed by atoms with Gasteiger partial charge in [0.1, 0.15) is 0 Å². The van der Waals surface area contributed by atoms with Gasteiger partial charge in [-0.05, 0) is 110 Å². The van der Waals surface area contributed by atoms with E-state index in [0.717, 1.165) is 67.4 Å². The molecular weight excluding hydrogens is 518 g/mol. The molecule has 40 heavy (non-hydrogen) atoms. The van der Waals surface area contributed by atoms with Crippen LogP contribution in [-0.2, 0) is 12.8 Å². The molecule has 2 aromatic rings. The lowest BCUT2D eigenvalue weighted by Crippen LogP contribution is -2.57. The fourth-order valence-corrected chi connectivity index (χ4v) is 7.91. The van der Waals surface area contributed by atoms with E-state index in [9.17, 15) is 4.79 Å². The summed E-state index contributed by atoms with van der Waals surface area (Å²) >= 11 is 6.16. The maximum absolute atomic E-state index is 13.1. The van der Waals surface area contributed by atoms with Crippen LogP contribution in [0.3, 0.4) is 0 Å². The number of nitrogens with one attached hydrogen (secondary N) is 3. The largest absolute Gasteiger partial charge is 0.349 e. The van der Waals surface area contributed by atoms with Crippen molar-refractivity contribution in [3.05, 3.63) is 64.2 Å². The number of nitrogens with zero attached hydrogens (tertiary/aromatic N) is 2. The Hall–Kier alpha value is -2.57. The SMILES string of the molecule is C[C@@H]1[C@@H](N=C(Nc2ccc(C(=O)NC3CCc4cc(Cl)ccc4C3)cc2)N2CCN[C@@H](C)C2)C[C@H]2C[C@@H]1C2(C)C. The van der Waals surface area contributed by atoms with Crippen molar-refractivity contribution in [2.24, 2.45) is 28.2 Å². The van der Waals surface area contributed by atoms with E-state index in [-0.39, 0.29) is 11.9 Å². The molecule has 214 valence electrons. The fraction of sp³-hybridized carbons (Fsp3) is 0.576. The highest BCUT2D eigenvalue weighted by atomic mass is 35.5. The molecule has 2 bridgehead atoms. The van der Waals surface area contributed by atoms with Gasteiger partial charge in [-0.3, -0.25) is 4.79 Å². The van der Waals surface area contributed by atoms with Crippen LogP contribution < -0.4 is 16.0 Å². The van der Waals surface area contributed by atoms with Gasteiger partial charge in [0.15, 0.2) is 5.96 Å². The van der Waals surface area contributed by atoms with E-state index in [0.29, 0.717) is 29.0 Å². The zero-order valence-electron chi connectivity index (χ0n) is 24.3. The van der Waals surface area contributed by atoms with Crippen molar-refractivity contribution in [1.82, 2.24) is 15.5 Å². The first-order chi connectivity index (χ1) is 19.2. The van der Waals surface area contributed by atoms with Crippen molar-refractivity contribution in [3.63, 3.8) is 0 Å². The Balaban J connectivity index is 1.13. The van der Waals surface area contributed by atoms with E-state index in [1.54, 1.807) is 0 Å². The van der Waals surface area contributed by atoms with Crippen molar-refractivity contribution < 1.29 is 4.79 Å². The smallest absolute Gasteiger partial charge is 0.251 e. The number of fused-ring (bicyclic) bond motifs is 3. The molecule has 0 radical (unpaired) electrons. The summed E-state index contributed by atoms with van der Waals surface area (Å²) in [5, 5.41) is 11.2. The average Bonchev–Trinajstić information content (AvgIpc) is 2.93. The number of halogens is 1. The minimum Gasteiger partial charge on any atom is -0.349 e. The molecule has 5 aliphatic rings. The van der Waals surface area contributed by atoms with Gasteiger partial charge in [0, 0.05) is 48.0 Å². The number of piperazine rings is 1. The number of carbonyl (C=O) groups is 1. The van der Waals surface area contributed by atoms with Crippen LogP contribution in [0.5, 0.6) is 0 Å². The standard InChI is InChI=1S/C33H44ClN5O/c1-20-19-39(14-13-35-20)32(38-30-18-25-17-29(21(30)2)33(25,3)4)37-27-10-6-22(7-11-27)31(40)36-28-12-8-23-15-26(34)9-5-24(23)16-28/h5-7,9-11,15,20-21,25,28-30,35H,8,12-14,16-19H2,1-4H3,(H,36,40)(H,37,38)/t20-,21-,25+,28?,29-,30-/m0/s1. The van der Waals surface area contributed by atoms with Gasteiger partial charge in [-0.25, -0.2) is 4.99 Å². The maximum Gasteiger partial charge on any atom is 0.251 e. The van der Waals surface area contributed by atoms with Crippen LogP contribution in [0, 0.1) is 23.2 Å². The number of amides is 1. The average molecular weight is 562 g/mol. The van der Waals surface area contributed by atoms with E-state index < -0.39 is 0 Å². The molecule has 7 heteroatoms. The molecule has 0 spiro atoms. The Labute approximate surface area is 244 Å². The quantitative estimate of drug-likeness (QED) is 0.328. The number of aryl methyl sites for hydroxylation is 1. The van der Waals surface area contributed by atoms with Crippen LogP contribution in [-0.4, -0.2) is 54.5 Å². The minimum absolute atomic E-state index is 0.0170. The van der Waals surface area contributed by atoms with Crippen molar-refractivity contribution in [1.29, 1.82) is 0 Å². The summed E-state index contributed by atoms with van der Waals surface area (Å²) in [6.07, 6.45) is 5.25. The van der Waals surface area contributed by atoms with Gasteiger partial charge >= 0.3 is 0 Å². The molecule has 1 saturated heterocycles. The van der Waals surface area contributed by atoms with Crippen molar-refractivity contribution in [3.8, 4) is 0 Å². The third kappa shape index (κ3) is 5.49. The molecule has 6 atom stereocenters. The first-order valence-electron chi connectivity index (χ1n) is 15.2. The second kappa shape index (κ2) is 11.0. The summed E-state index contributed by atoms with van der Waals surface area (Å²) in [6.45, 7) is 12.4. The van der Waals surface area contributed by atoms with Crippen molar-refractivity contribution in [2.45, 2.75) is 77.9 Å². The molecule has 1 amide bonds. The summed E-state index contributed by atoms with van der Waals surface area (Å²) < 4.78 is 0. The zero-order valence-corrected chi connectivity index (χ0v) is 25.1. The monoisotopic (exact) mass is 561 g/mol. The third-order valence-electron chi connectivity index (χ3n) is 10.4. The van der Waals surface area contributed by atoms with Crippen LogP contribution >= 0.6 is 11.6 Å².